The standard InChI is InChI=1S/C26H25ClN2O5/c1-15-8-9-21-22(10-15)25(32)29(24(21)31)19-6-3-7-20(13-19)34-26(33)16-11-23(30)28(14-16)18-5-2-4-17(27)12-18/h2-7,12-13,15-16,21-22H,8-11,14H2,1H3/t15-,16+,21+,22+/m1/s1. The molecule has 0 aromatic heterocycles. The van der Waals surface area contributed by atoms with Crippen molar-refractivity contribution in [1.82, 2.24) is 0 Å². The minimum Gasteiger partial charge on any atom is -0.426 e. The number of amides is 3. The van der Waals surface area contributed by atoms with Gasteiger partial charge in [0.1, 0.15) is 5.75 Å². The molecule has 5 rings (SSSR count). The summed E-state index contributed by atoms with van der Waals surface area (Å²) in [6.07, 6.45) is 2.42. The van der Waals surface area contributed by atoms with Crippen LogP contribution in [-0.2, 0) is 19.2 Å². The molecule has 1 saturated carbocycles. The zero-order chi connectivity index (χ0) is 24.0. The quantitative estimate of drug-likeness (QED) is 0.371. The summed E-state index contributed by atoms with van der Waals surface area (Å²) >= 11 is 6.03. The van der Waals surface area contributed by atoms with Gasteiger partial charge in [-0.25, -0.2) is 4.90 Å². The Balaban J connectivity index is 1.29. The maximum Gasteiger partial charge on any atom is 0.316 e. The van der Waals surface area contributed by atoms with Crippen LogP contribution in [0.5, 0.6) is 5.75 Å². The van der Waals surface area contributed by atoms with Crippen molar-refractivity contribution in [3.05, 3.63) is 53.6 Å². The topological polar surface area (TPSA) is 84.0 Å². The Morgan fingerprint density at radius 3 is 2.50 bits per heavy atom. The molecule has 0 bridgehead atoms. The number of esters is 1. The van der Waals surface area contributed by atoms with Crippen LogP contribution < -0.4 is 14.5 Å². The highest BCUT2D eigenvalue weighted by molar-refractivity contribution is 6.31. The normalized spacial score (nSPS) is 26.7. The van der Waals surface area contributed by atoms with E-state index in [0.717, 1.165) is 19.3 Å². The monoisotopic (exact) mass is 480 g/mol. The maximum absolute atomic E-state index is 13.0. The number of halogens is 1. The lowest BCUT2D eigenvalue weighted by molar-refractivity contribution is -0.139. The fourth-order valence-corrected chi connectivity index (χ4v) is 5.47. The maximum atomic E-state index is 13.0. The third kappa shape index (κ3) is 4.09. The minimum atomic E-state index is -0.630. The van der Waals surface area contributed by atoms with Gasteiger partial charge in [0.2, 0.25) is 17.7 Å². The van der Waals surface area contributed by atoms with E-state index in [1.807, 2.05) is 0 Å². The fourth-order valence-electron chi connectivity index (χ4n) is 5.29. The number of carbonyl (C=O) groups is 4. The number of hydrogen-bond acceptors (Lipinski definition) is 5. The van der Waals surface area contributed by atoms with Crippen molar-refractivity contribution >= 4 is 46.7 Å². The summed E-state index contributed by atoms with van der Waals surface area (Å²) in [5, 5.41) is 0.508. The summed E-state index contributed by atoms with van der Waals surface area (Å²) in [6, 6.07) is 13.4. The third-order valence-corrected chi connectivity index (χ3v) is 7.30. The Bertz CT molecular complexity index is 1180. The van der Waals surface area contributed by atoms with E-state index in [0.29, 0.717) is 22.3 Å². The molecule has 2 saturated heterocycles. The molecule has 2 aliphatic heterocycles. The van der Waals surface area contributed by atoms with Gasteiger partial charge in [0.25, 0.3) is 0 Å². The van der Waals surface area contributed by atoms with Crippen molar-refractivity contribution in [3.63, 3.8) is 0 Å². The van der Waals surface area contributed by atoms with Crippen molar-refractivity contribution in [1.29, 1.82) is 0 Å². The average Bonchev–Trinajstić information content (AvgIpc) is 3.31. The summed E-state index contributed by atoms with van der Waals surface area (Å²) in [5.41, 5.74) is 1.04. The number of imide groups is 1. The second kappa shape index (κ2) is 8.87. The summed E-state index contributed by atoms with van der Waals surface area (Å²) in [7, 11) is 0. The lowest BCUT2D eigenvalue weighted by atomic mass is 9.76. The molecular formula is C26H25ClN2O5. The first-order chi connectivity index (χ1) is 16.3. The van der Waals surface area contributed by atoms with Gasteiger partial charge < -0.3 is 9.64 Å². The molecule has 2 heterocycles. The van der Waals surface area contributed by atoms with Gasteiger partial charge in [0, 0.05) is 29.7 Å². The SMILES string of the molecule is C[C@@H]1CC[C@@H]2C(=O)N(c3cccc(OC(=O)[C@H]4CC(=O)N(c5cccc(Cl)c5)C4)c3)C(=O)[C@H]2C1. The molecule has 0 unspecified atom stereocenters. The molecular weight excluding hydrogens is 456 g/mol. The molecule has 3 amide bonds. The molecule has 176 valence electrons. The van der Waals surface area contributed by atoms with Crippen molar-refractivity contribution < 1.29 is 23.9 Å². The smallest absolute Gasteiger partial charge is 0.316 e. The van der Waals surface area contributed by atoms with Crippen LogP contribution in [0.15, 0.2) is 48.5 Å². The molecule has 2 aromatic rings. The first kappa shape index (κ1) is 22.6. The predicted octanol–water partition coefficient (Wildman–Crippen LogP) is 4.22. The van der Waals surface area contributed by atoms with Crippen LogP contribution in [0.4, 0.5) is 11.4 Å². The van der Waals surface area contributed by atoms with Crippen LogP contribution in [0, 0.1) is 23.7 Å². The van der Waals surface area contributed by atoms with E-state index in [1.54, 1.807) is 48.5 Å². The molecule has 0 N–H and O–H groups in total. The largest absolute Gasteiger partial charge is 0.426 e. The molecule has 3 aliphatic rings. The first-order valence-corrected chi connectivity index (χ1v) is 11.9. The van der Waals surface area contributed by atoms with Gasteiger partial charge in [-0.15, -0.1) is 0 Å². The molecule has 34 heavy (non-hydrogen) atoms. The molecule has 7 nitrogen and oxygen atoms in total. The van der Waals surface area contributed by atoms with Crippen molar-refractivity contribution in [2.24, 2.45) is 23.7 Å². The molecule has 1 aliphatic carbocycles. The van der Waals surface area contributed by atoms with Gasteiger partial charge in [0.15, 0.2) is 0 Å². The van der Waals surface area contributed by atoms with Gasteiger partial charge in [-0.3, -0.25) is 19.2 Å². The molecule has 2 aromatic carbocycles. The zero-order valence-electron chi connectivity index (χ0n) is 18.8. The minimum absolute atomic E-state index is 0.0374. The number of nitrogens with zero attached hydrogens (tertiary/aromatic N) is 2. The van der Waals surface area contributed by atoms with Crippen LogP contribution in [0.1, 0.15) is 32.6 Å². The highest BCUT2D eigenvalue weighted by Gasteiger charge is 2.50. The Hall–Kier alpha value is -3.19. The molecule has 0 spiro atoms. The van der Waals surface area contributed by atoms with Gasteiger partial charge in [-0.05, 0) is 55.5 Å². The van der Waals surface area contributed by atoms with E-state index in [2.05, 4.69) is 6.92 Å². The van der Waals surface area contributed by atoms with Crippen LogP contribution in [0.2, 0.25) is 5.02 Å². The van der Waals surface area contributed by atoms with Gasteiger partial charge in [0.05, 0.1) is 23.4 Å². The van der Waals surface area contributed by atoms with Crippen molar-refractivity contribution in [2.75, 3.05) is 16.3 Å². The van der Waals surface area contributed by atoms with E-state index in [-0.39, 0.29) is 48.3 Å². The number of hydrogen-bond donors (Lipinski definition) is 0. The van der Waals surface area contributed by atoms with Gasteiger partial charge in [-0.1, -0.05) is 30.7 Å². The molecule has 4 atom stereocenters. The van der Waals surface area contributed by atoms with E-state index in [4.69, 9.17) is 16.3 Å². The summed E-state index contributed by atoms with van der Waals surface area (Å²) in [4.78, 5) is 54.1. The zero-order valence-corrected chi connectivity index (χ0v) is 19.5. The Morgan fingerprint density at radius 1 is 0.971 bits per heavy atom. The average molecular weight is 481 g/mol. The number of benzene rings is 2. The Morgan fingerprint density at radius 2 is 1.71 bits per heavy atom. The third-order valence-electron chi connectivity index (χ3n) is 7.06. The first-order valence-electron chi connectivity index (χ1n) is 11.6. The number of ether oxygens (including phenoxy) is 1. The van der Waals surface area contributed by atoms with Crippen LogP contribution in [-0.4, -0.2) is 30.2 Å². The summed E-state index contributed by atoms with van der Waals surface area (Å²) < 4.78 is 5.57. The van der Waals surface area contributed by atoms with Crippen molar-refractivity contribution in [2.45, 2.75) is 32.6 Å². The second-order valence-electron chi connectivity index (χ2n) is 9.45. The highest BCUT2D eigenvalue weighted by Crippen LogP contribution is 2.42. The summed E-state index contributed by atoms with van der Waals surface area (Å²) in [5.74, 6) is -1.58. The number of rotatable bonds is 4. The Labute approximate surface area is 202 Å². The van der Waals surface area contributed by atoms with Crippen LogP contribution in [0.25, 0.3) is 0 Å². The van der Waals surface area contributed by atoms with Gasteiger partial charge >= 0.3 is 5.97 Å². The van der Waals surface area contributed by atoms with E-state index in [9.17, 15) is 19.2 Å². The molecule has 0 radical (unpaired) electrons. The molecule has 8 heteroatoms. The number of anilines is 2. The van der Waals surface area contributed by atoms with E-state index < -0.39 is 11.9 Å². The van der Waals surface area contributed by atoms with Gasteiger partial charge in [-0.2, -0.15) is 0 Å². The highest BCUT2D eigenvalue weighted by atomic mass is 35.5. The van der Waals surface area contributed by atoms with Crippen LogP contribution >= 0.6 is 11.6 Å². The lowest BCUT2D eigenvalue weighted by Crippen LogP contribution is -2.31. The summed E-state index contributed by atoms with van der Waals surface area (Å²) in [6.45, 7) is 2.31. The lowest BCUT2D eigenvalue weighted by Gasteiger charge is -2.25. The van der Waals surface area contributed by atoms with Crippen LogP contribution in [0.3, 0.4) is 0 Å². The van der Waals surface area contributed by atoms with E-state index in [1.165, 1.54) is 9.80 Å². The second-order valence-corrected chi connectivity index (χ2v) is 9.88. The predicted molar refractivity (Wildman–Crippen MR) is 126 cm³/mol. The number of carbonyl (C=O) groups excluding carboxylic acids is 4. The fraction of sp³-hybridized carbons (Fsp3) is 0.385. The van der Waals surface area contributed by atoms with E-state index >= 15 is 0 Å². The molecule has 3 fully saturated rings. The number of fused-ring (bicyclic) bond motifs is 1. The van der Waals surface area contributed by atoms with Crippen molar-refractivity contribution in [3.8, 4) is 5.75 Å². The Kier molecular flexibility index (Phi) is 5.90.